The van der Waals surface area contributed by atoms with Crippen molar-refractivity contribution in [1.82, 2.24) is 20.2 Å². The Bertz CT molecular complexity index is 1520. The topological polar surface area (TPSA) is 69.7 Å². The van der Waals surface area contributed by atoms with Gasteiger partial charge in [0.1, 0.15) is 11.5 Å². The molecule has 6 heteroatoms. The van der Waals surface area contributed by atoms with Gasteiger partial charge in [0, 0.05) is 28.7 Å². The number of hydrogen-bond acceptors (Lipinski definition) is 3. The maximum absolute atomic E-state index is 13.8. The van der Waals surface area contributed by atoms with Crippen LogP contribution in [0.4, 0.5) is 4.39 Å². The van der Waals surface area contributed by atoms with Gasteiger partial charge in [-0.2, -0.15) is 5.10 Å². The lowest BCUT2D eigenvalue weighted by Gasteiger charge is -2.03. The van der Waals surface area contributed by atoms with E-state index in [4.69, 9.17) is 0 Å². The molecule has 156 valence electrons. The first-order chi connectivity index (χ1) is 15.7. The number of allylic oxidation sites excluding steroid dienone is 3. The van der Waals surface area contributed by atoms with Gasteiger partial charge in [-0.1, -0.05) is 30.4 Å². The Morgan fingerprint density at radius 1 is 1.06 bits per heavy atom. The van der Waals surface area contributed by atoms with Crippen molar-refractivity contribution < 1.29 is 4.39 Å². The van der Waals surface area contributed by atoms with Gasteiger partial charge in [-0.05, 0) is 60.7 Å². The highest BCUT2D eigenvalue weighted by Gasteiger charge is 2.15. The third-order valence-corrected chi connectivity index (χ3v) is 5.41. The van der Waals surface area contributed by atoms with Crippen molar-refractivity contribution in [2.75, 3.05) is 0 Å². The molecule has 0 spiro atoms. The Balaban J connectivity index is 1.66. The Morgan fingerprint density at radius 3 is 2.78 bits per heavy atom. The number of aliphatic imine (C=N–C) groups is 1. The molecule has 0 radical (unpaired) electrons. The molecule has 0 saturated heterocycles. The van der Waals surface area contributed by atoms with Gasteiger partial charge < -0.3 is 4.98 Å². The number of nitrogens with one attached hydrogen (secondary N) is 2. The van der Waals surface area contributed by atoms with Crippen LogP contribution in [0.5, 0.6) is 0 Å². The number of halogens is 1. The van der Waals surface area contributed by atoms with Crippen molar-refractivity contribution in [1.29, 1.82) is 0 Å². The molecule has 5 aromatic rings. The summed E-state index contributed by atoms with van der Waals surface area (Å²) >= 11 is 0. The number of pyridine rings is 1. The van der Waals surface area contributed by atoms with Gasteiger partial charge in [-0.15, -0.1) is 0 Å². The summed E-state index contributed by atoms with van der Waals surface area (Å²) in [4.78, 5) is 11.7. The first-order valence-corrected chi connectivity index (χ1v) is 10.2. The predicted octanol–water partition coefficient (Wildman–Crippen LogP) is 6.53. The summed E-state index contributed by atoms with van der Waals surface area (Å²) in [6.07, 6.45) is 9.23. The lowest BCUT2D eigenvalue weighted by molar-refractivity contribution is 0.628. The third-order valence-electron chi connectivity index (χ3n) is 5.41. The van der Waals surface area contributed by atoms with E-state index in [-0.39, 0.29) is 5.82 Å². The zero-order valence-electron chi connectivity index (χ0n) is 17.4. The fourth-order valence-electron chi connectivity index (χ4n) is 3.96. The molecule has 5 rings (SSSR count). The molecule has 0 atom stereocenters. The molecule has 2 aromatic carbocycles. The monoisotopic (exact) mass is 421 g/mol. The number of H-pyrrole nitrogens is 2. The number of rotatable bonds is 5. The summed E-state index contributed by atoms with van der Waals surface area (Å²) in [6.45, 7) is 5.54. The number of fused-ring (bicyclic) bond motifs is 2. The highest BCUT2D eigenvalue weighted by Crippen LogP contribution is 2.34. The molecule has 3 heterocycles. The summed E-state index contributed by atoms with van der Waals surface area (Å²) in [5, 5.41) is 9.60. The van der Waals surface area contributed by atoms with E-state index in [2.05, 4.69) is 37.9 Å². The van der Waals surface area contributed by atoms with Gasteiger partial charge in [-0.3, -0.25) is 15.1 Å². The molecular formula is C26H20FN5. The van der Waals surface area contributed by atoms with Gasteiger partial charge in [0.15, 0.2) is 0 Å². The second-order valence-corrected chi connectivity index (χ2v) is 7.44. The number of benzene rings is 2. The minimum atomic E-state index is -0.278. The number of aromatic amines is 2. The Labute approximate surface area is 184 Å². The molecule has 0 unspecified atom stereocenters. The lowest BCUT2D eigenvalue weighted by atomic mass is 10.0. The molecule has 0 fully saturated rings. The molecule has 0 amide bonds. The summed E-state index contributed by atoms with van der Waals surface area (Å²) in [5.41, 5.74) is 7.06. The smallest absolute Gasteiger partial charge is 0.123 e. The van der Waals surface area contributed by atoms with Crippen molar-refractivity contribution in [3.8, 4) is 22.5 Å². The summed E-state index contributed by atoms with van der Waals surface area (Å²) in [5.74, 6) is -0.278. The fraction of sp³-hybridized carbons (Fsp3) is 0.0385. The van der Waals surface area contributed by atoms with E-state index in [9.17, 15) is 4.39 Å². The van der Waals surface area contributed by atoms with Gasteiger partial charge in [-0.25, -0.2) is 4.39 Å². The van der Waals surface area contributed by atoms with E-state index in [1.54, 1.807) is 24.7 Å². The van der Waals surface area contributed by atoms with E-state index in [0.29, 0.717) is 0 Å². The largest absolute Gasteiger partial charge is 0.352 e. The molecule has 0 aliphatic carbocycles. The first-order valence-electron chi connectivity index (χ1n) is 10.2. The maximum atomic E-state index is 13.8. The van der Waals surface area contributed by atoms with Crippen molar-refractivity contribution in [3.05, 3.63) is 90.7 Å². The Morgan fingerprint density at radius 2 is 1.97 bits per heavy atom. The molecular weight excluding hydrogens is 401 g/mol. The Hall–Kier alpha value is -4.32. The third kappa shape index (κ3) is 3.41. The molecule has 0 aliphatic rings. The number of aromatic nitrogens is 4. The van der Waals surface area contributed by atoms with Crippen molar-refractivity contribution in [2.45, 2.75) is 6.92 Å². The van der Waals surface area contributed by atoms with Crippen LogP contribution in [0.3, 0.4) is 0 Å². The van der Waals surface area contributed by atoms with Crippen LogP contribution in [0.25, 0.3) is 49.9 Å². The van der Waals surface area contributed by atoms with Crippen LogP contribution < -0.4 is 0 Å². The van der Waals surface area contributed by atoms with E-state index in [0.717, 1.165) is 55.5 Å². The van der Waals surface area contributed by atoms with Crippen molar-refractivity contribution in [3.63, 3.8) is 0 Å². The summed E-state index contributed by atoms with van der Waals surface area (Å²) in [7, 11) is 0. The van der Waals surface area contributed by atoms with E-state index >= 15 is 0 Å². The van der Waals surface area contributed by atoms with Crippen LogP contribution in [-0.4, -0.2) is 26.9 Å². The highest BCUT2D eigenvalue weighted by atomic mass is 19.1. The lowest BCUT2D eigenvalue weighted by Crippen LogP contribution is -1.83. The quantitative estimate of drug-likeness (QED) is 0.250. The van der Waals surface area contributed by atoms with Gasteiger partial charge in [0.25, 0.3) is 0 Å². The number of hydrogen-bond donors (Lipinski definition) is 2. The second kappa shape index (κ2) is 8.07. The molecule has 0 aliphatic heterocycles. The van der Waals surface area contributed by atoms with Crippen LogP contribution in [0, 0.1) is 5.82 Å². The van der Waals surface area contributed by atoms with Crippen LogP contribution >= 0.6 is 0 Å². The first kappa shape index (κ1) is 19.6. The van der Waals surface area contributed by atoms with Gasteiger partial charge in [0.2, 0.25) is 0 Å². The SMILES string of the molecule is C=N/C=C(\C=C/C)c1ccc2[nH]nc(-c3cc4c(-c5cccc(F)c5)cncc4[nH]3)c2c1. The van der Waals surface area contributed by atoms with Crippen LogP contribution in [0.1, 0.15) is 12.5 Å². The Kier molecular flexibility index (Phi) is 4.95. The van der Waals surface area contributed by atoms with Crippen molar-refractivity contribution >= 4 is 34.1 Å². The van der Waals surface area contributed by atoms with Gasteiger partial charge >= 0.3 is 0 Å². The normalized spacial score (nSPS) is 12.2. The number of nitrogens with zero attached hydrogens (tertiary/aromatic N) is 3. The van der Waals surface area contributed by atoms with Crippen molar-refractivity contribution in [2.24, 2.45) is 4.99 Å². The maximum Gasteiger partial charge on any atom is 0.123 e. The minimum Gasteiger partial charge on any atom is -0.352 e. The van der Waals surface area contributed by atoms with E-state index < -0.39 is 0 Å². The molecule has 3 aromatic heterocycles. The summed E-state index contributed by atoms with van der Waals surface area (Å²) < 4.78 is 13.8. The fourth-order valence-corrected chi connectivity index (χ4v) is 3.96. The minimum absolute atomic E-state index is 0.278. The van der Waals surface area contributed by atoms with Crippen LogP contribution in [-0.2, 0) is 0 Å². The average molecular weight is 421 g/mol. The standard InChI is InChI=1S/C26H20FN5/c1-3-5-18(13-28-2)16-8-9-23-21(11-16)26(32-31-23)24-12-20-22(14-29-15-25(20)30-24)17-6-4-7-19(27)10-17/h3-15,30H,2H2,1H3,(H,31,32)/b5-3-,18-13+. The van der Waals surface area contributed by atoms with E-state index in [1.165, 1.54) is 12.1 Å². The van der Waals surface area contributed by atoms with Crippen LogP contribution in [0.2, 0.25) is 0 Å². The second-order valence-electron chi connectivity index (χ2n) is 7.44. The average Bonchev–Trinajstić information content (AvgIpc) is 3.42. The van der Waals surface area contributed by atoms with Crippen LogP contribution in [0.15, 0.2) is 84.3 Å². The molecule has 0 saturated carbocycles. The molecule has 32 heavy (non-hydrogen) atoms. The zero-order chi connectivity index (χ0) is 22.1. The molecule has 5 nitrogen and oxygen atoms in total. The van der Waals surface area contributed by atoms with E-state index in [1.807, 2.05) is 43.3 Å². The zero-order valence-corrected chi connectivity index (χ0v) is 17.4. The highest BCUT2D eigenvalue weighted by molar-refractivity contribution is 6.01. The predicted molar refractivity (Wildman–Crippen MR) is 129 cm³/mol. The molecule has 0 bridgehead atoms. The molecule has 2 N–H and O–H groups in total. The summed E-state index contributed by atoms with van der Waals surface area (Å²) in [6, 6.07) is 14.7. The van der Waals surface area contributed by atoms with Gasteiger partial charge in [0.05, 0.1) is 22.9 Å².